The summed E-state index contributed by atoms with van der Waals surface area (Å²) in [6.07, 6.45) is 6.70. The number of nitrogens with zero attached hydrogens (tertiary/aromatic N) is 2. The van der Waals surface area contributed by atoms with Crippen LogP contribution in [0.2, 0.25) is 0 Å². The molecule has 0 radical (unpaired) electrons. The normalized spacial score (nSPS) is 20.6. The molecule has 2 nitrogen and oxygen atoms in total. The van der Waals surface area contributed by atoms with Crippen molar-refractivity contribution < 1.29 is 0 Å². The first kappa shape index (κ1) is 10.7. The maximum atomic E-state index is 4.17. The highest BCUT2D eigenvalue weighted by molar-refractivity contribution is 5.81. The molecule has 1 fully saturated rings. The van der Waals surface area contributed by atoms with E-state index in [1.807, 2.05) is 7.05 Å². The van der Waals surface area contributed by atoms with Gasteiger partial charge in [-0.1, -0.05) is 6.42 Å². The lowest BCUT2D eigenvalue weighted by Crippen LogP contribution is -2.30. The molecule has 1 saturated heterocycles. The van der Waals surface area contributed by atoms with Gasteiger partial charge in [-0.15, -0.1) is 0 Å². The minimum absolute atomic E-state index is 1.17. The molecule has 1 aliphatic rings. The first-order valence-corrected chi connectivity index (χ1v) is 5.47. The molecule has 0 N–H and O–H groups in total. The third kappa shape index (κ3) is 4.41. The van der Waals surface area contributed by atoms with Crippen LogP contribution < -0.4 is 0 Å². The van der Waals surface area contributed by atoms with Crippen molar-refractivity contribution in [3.63, 3.8) is 0 Å². The van der Waals surface area contributed by atoms with Gasteiger partial charge in [0.1, 0.15) is 0 Å². The first-order chi connectivity index (χ1) is 6.33. The molecular formula is C11H22N2. The zero-order chi connectivity index (χ0) is 9.52. The smallest absolute Gasteiger partial charge is 0.0276 e. The van der Waals surface area contributed by atoms with Crippen LogP contribution in [-0.4, -0.2) is 37.3 Å². The van der Waals surface area contributed by atoms with Gasteiger partial charge in [-0.05, 0) is 52.2 Å². The van der Waals surface area contributed by atoms with Crippen molar-refractivity contribution in [2.75, 3.05) is 26.7 Å². The van der Waals surface area contributed by atoms with E-state index in [0.29, 0.717) is 0 Å². The molecule has 0 aromatic heterocycles. The summed E-state index contributed by atoms with van der Waals surface area (Å²) in [5.41, 5.74) is 1.29. The molecule has 0 saturated carbocycles. The van der Waals surface area contributed by atoms with Crippen molar-refractivity contribution in [1.29, 1.82) is 0 Å². The van der Waals surface area contributed by atoms with Crippen LogP contribution in [0.5, 0.6) is 0 Å². The summed E-state index contributed by atoms with van der Waals surface area (Å²) in [5, 5.41) is 0. The molecule has 13 heavy (non-hydrogen) atoms. The quantitative estimate of drug-likeness (QED) is 0.609. The van der Waals surface area contributed by atoms with E-state index in [1.54, 1.807) is 0 Å². The summed E-state index contributed by atoms with van der Waals surface area (Å²) in [6, 6.07) is 0. The average Bonchev–Trinajstić information content (AvgIpc) is 2.19. The van der Waals surface area contributed by atoms with Gasteiger partial charge in [-0.25, -0.2) is 0 Å². The van der Waals surface area contributed by atoms with Gasteiger partial charge in [0.15, 0.2) is 0 Å². The van der Waals surface area contributed by atoms with Gasteiger partial charge in [-0.3, -0.25) is 4.99 Å². The number of hydrogen-bond acceptors (Lipinski definition) is 2. The van der Waals surface area contributed by atoms with Crippen LogP contribution in [0.1, 0.15) is 39.0 Å². The van der Waals surface area contributed by atoms with Crippen molar-refractivity contribution in [3.05, 3.63) is 0 Å². The zero-order valence-corrected chi connectivity index (χ0v) is 9.05. The Bertz CT molecular complexity index is 157. The van der Waals surface area contributed by atoms with Crippen LogP contribution in [-0.2, 0) is 0 Å². The van der Waals surface area contributed by atoms with E-state index in [0.717, 1.165) is 0 Å². The summed E-state index contributed by atoms with van der Waals surface area (Å²) in [4.78, 5) is 6.76. The highest BCUT2D eigenvalue weighted by Crippen LogP contribution is 2.09. The van der Waals surface area contributed by atoms with E-state index in [9.17, 15) is 0 Å². The van der Waals surface area contributed by atoms with Crippen LogP contribution in [0.4, 0.5) is 0 Å². The van der Waals surface area contributed by atoms with Crippen LogP contribution in [0.25, 0.3) is 0 Å². The Morgan fingerprint density at radius 1 is 1.23 bits per heavy atom. The Kier molecular flexibility index (Phi) is 5.06. The topological polar surface area (TPSA) is 15.6 Å². The number of likely N-dealkylation sites (tertiary alicyclic amines) is 1. The number of piperidine rings is 1. The second-order valence-corrected chi connectivity index (χ2v) is 3.96. The van der Waals surface area contributed by atoms with Crippen molar-refractivity contribution >= 4 is 5.71 Å². The molecular weight excluding hydrogens is 160 g/mol. The summed E-state index contributed by atoms with van der Waals surface area (Å²) in [5.74, 6) is 0. The SMILES string of the molecule is C/N=C(\C)CCCN1CCCCC1. The van der Waals surface area contributed by atoms with E-state index in [4.69, 9.17) is 0 Å². The third-order valence-electron chi connectivity index (χ3n) is 2.84. The highest BCUT2D eigenvalue weighted by atomic mass is 15.1. The van der Waals surface area contributed by atoms with Gasteiger partial charge < -0.3 is 4.90 Å². The van der Waals surface area contributed by atoms with E-state index in [-0.39, 0.29) is 0 Å². The van der Waals surface area contributed by atoms with Crippen molar-refractivity contribution in [2.45, 2.75) is 39.0 Å². The highest BCUT2D eigenvalue weighted by Gasteiger charge is 2.08. The summed E-state index contributed by atoms with van der Waals surface area (Å²) in [6.45, 7) is 6.04. The predicted molar refractivity (Wildman–Crippen MR) is 58.6 cm³/mol. The van der Waals surface area contributed by atoms with Gasteiger partial charge in [0.2, 0.25) is 0 Å². The van der Waals surface area contributed by atoms with E-state index in [1.165, 1.54) is 57.5 Å². The van der Waals surface area contributed by atoms with Gasteiger partial charge in [-0.2, -0.15) is 0 Å². The van der Waals surface area contributed by atoms with Crippen LogP contribution in [0.3, 0.4) is 0 Å². The molecule has 0 unspecified atom stereocenters. The number of rotatable bonds is 4. The zero-order valence-electron chi connectivity index (χ0n) is 9.05. The minimum Gasteiger partial charge on any atom is -0.303 e. The molecule has 1 heterocycles. The van der Waals surface area contributed by atoms with Gasteiger partial charge in [0.05, 0.1) is 0 Å². The van der Waals surface area contributed by atoms with Crippen LogP contribution in [0, 0.1) is 0 Å². The van der Waals surface area contributed by atoms with Crippen LogP contribution in [0.15, 0.2) is 4.99 Å². The minimum atomic E-state index is 1.17. The fourth-order valence-corrected chi connectivity index (χ4v) is 1.85. The van der Waals surface area contributed by atoms with E-state index >= 15 is 0 Å². The van der Waals surface area contributed by atoms with E-state index < -0.39 is 0 Å². The molecule has 76 valence electrons. The van der Waals surface area contributed by atoms with Crippen molar-refractivity contribution in [3.8, 4) is 0 Å². The molecule has 0 aromatic carbocycles. The van der Waals surface area contributed by atoms with Crippen LogP contribution >= 0.6 is 0 Å². The van der Waals surface area contributed by atoms with Crippen molar-refractivity contribution in [1.82, 2.24) is 4.90 Å². The second-order valence-electron chi connectivity index (χ2n) is 3.96. The number of aliphatic imine (C=N–C) groups is 1. The first-order valence-electron chi connectivity index (χ1n) is 5.47. The fourth-order valence-electron chi connectivity index (χ4n) is 1.85. The molecule has 1 aliphatic heterocycles. The second kappa shape index (κ2) is 6.14. The van der Waals surface area contributed by atoms with Gasteiger partial charge in [0.25, 0.3) is 0 Å². The Morgan fingerprint density at radius 3 is 2.54 bits per heavy atom. The van der Waals surface area contributed by atoms with E-state index in [2.05, 4.69) is 16.8 Å². The molecule has 0 spiro atoms. The lowest BCUT2D eigenvalue weighted by molar-refractivity contribution is 0.227. The summed E-state index contributed by atoms with van der Waals surface area (Å²) < 4.78 is 0. The lowest BCUT2D eigenvalue weighted by Gasteiger charge is -2.26. The number of hydrogen-bond donors (Lipinski definition) is 0. The Hall–Kier alpha value is -0.370. The molecule has 0 aliphatic carbocycles. The largest absolute Gasteiger partial charge is 0.303 e. The Balaban J connectivity index is 2.04. The van der Waals surface area contributed by atoms with Crippen molar-refractivity contribution in [2.24, 2.45) is 4.99 Å². The molecule has 0 bridgehead atoms. The average molecular weight is 182 g/mol. The Morgan fingerprint density at radius 2 is 1.92 bits per heavy atom. The molecule has 0 amide bonds. The summed E-state index contributed by atoms with van der Waals surface area (Å²) in [7, 11) is 1.89. The summed E-state index contributed by atoms with van der Waals surface area (Å²) >= 11 is 0. The molecule has 0 atom stereocenters. The van der Waals surface area contributed by atoms with Gasteiger partial charge in [0, 0.05) is 12.8 Å². The Labute approximate surface area is 82.0 Å². The maximum Gasteiger partial charge on any atom is 0.0276 e. The van der Waals surface area contributed by atoms with Gasteiger partial charge >= 0.3 is 0 Å². The molecule has 0 aromatic rings. The maximum absolute atomic E-state index is 4.17. The molecule has 2 heteroatoms. The molecule has 1 rings (SSSR count). The lowest BCUT2D eigenvalue weighted by atomic mass is 10.1. The fraction of sp³-hybridized carbons (Fsp3) is 0.909. The third-order valence-corrected chi connectivity index (χ3v) is 2.84. The standard InChI is InChI=1S/C11H22N2/c1-11(12-2)7-6-10-13-8-4-3-5-9-13/h3-10H2,1-2H3/b12-11+. The predicted octanol–water partition coefficient (Wildman–Crippen LogP) is 2.34. The monoisotopic (exact) mass is 182 g/mol.